The van der Waals surface area contributed by atoms with Gasteiger partial charge in [-0.3, -0.25) is 35.3 Å². The highest BCUT2D eigenvalue weighted by Gasteiger charge is 2.15. The lowest BCUT2D eigenvalue weighted by atomic mass is 10.2. The molecule has 166 valence electrons. The van der Waals surface area contributed by atoms with Crippen molar-refractivity contribution in [3.05, 3.63) is 106 Å². The van der Waals surface area contributed by atoms with Crippen molar-refractivity contribution in [2.24, 2.45) is 9.98 Å². The van der Waals surface area contributed by atoms with Crippen LogP contribution in [0.2, 0.25) is 10.0 Å². The van der Waals surface area contributed by atoms with Gasteiger partial charge in [0.15, 0.2) is 0 Å². The molecule has 0 radical (unpaired) electrons. The van der Waals surface area contributed by atoms with Gasteiger partial charge in [0.2, 0.25) is 0 Å². The zero-order chi connectivity index (χ0) is 24.1. The van der Waals surface area contributed by atoms with E-state index in [0.717, 1.165) is 6.07 Å². The van der Waals surface area contributed by atoms with Crippen LogP contribution in [-0.4, -0.2) is 27.2 Å². The molecule has 3 aromatic rings. The van der Waals surface area contributed by atoms with Crippen LogP contribution < -0.4 is 0 Å². The van der Waals surface area contributed by atoms with E-state index in [1.807, 2.05) is 0 Å². The van der Waals surface area contributed by atoms with E-state index in [1.165, 1.54) is 61.0 Å². The minimum Gasteiger partial charge on any atom is -0.258 e. The Morgan fingerprint density at radius 2 is 1.18 bits per heavy atom. The summed E-state index contributed by atoms with van der Waals surface area (Å²) in [5.74, 6) is 0. The maximum Gasteiger partial charge on any atom is 0.296 e. The van der Waals surface area contributed by atoms with Gasteiger partial charge in [-0.05, 0) is 24.3 Å². The van der Waals surface area contributed by atoms with Crippen LogP contribution in [0.4, 0.5) is 28.4 Å². The van der Waals surface area contributed by atoms with Crippen LogP contribution in [0, 0.1) is 30.3 Å². The summed E-state index contributed by atoms with van der Waals surface area (Å²) >= 11 is 12.0. The van der Waals surface area contributed by atoms with E-state index >= 15 is 0 Å². The predicted molar refractivity (Wildman–Crippen MR) is 124 cm³/mol. The third-order valence-electron chi connectivity index (χ3n) is 4.23. The molecule has 0 amide bonds. The molecule has 0 N–H and O–H groups in total. The number of hydrogen-bond donors (Lipinski definition) is 0. The van der Waals surface area contributed by atoms with E-state index in [9.17, 15) is 30.3 Å². The average molecular weight is 488 g/mol. The van der Waals surface area contributed by atoms with Gasteiger partial charge in [0.05, 0.1) is 20.5 Å². The number of non-ortho nitro benzene ring substituents is 2. The van der Waals surface area contributed by atoms with Crippen molar-refractivity contribution in [2.75, 3.05) is 0 Å². The van der Waals surface area contributed by atoms with E-state index in [1.54, 1.807) is 0 Å². The molecule has 0 aliphatic heterocycles. The standard InChI is InChI=1S/C20H11Cl2N5O6/c21-17-4-2-15(25(28)29)7-12(17)10-23-14-1-6-19(20(9-14)27(32)33)24-11-13-8-16(26(30)31)3-5-18(13)22/h1-11H. The summed E-state index contributed by atoms with van der Waals surface area (Å²) < 4.78 is 0. The predicted octanol–water partition coefficient (Wildman–Crippen LogP) is 6.22. The summed E-state index contributed by atoms with van der Waals surface area (Å²) in [7, 11) is 0. The van der Waals surface area contributed by atoms with E-state index < -0.39 is 14.8 Å². The van der Waals surface area contributed by atoms with Crippen LogP contribution in [0.15, 0.2) is 64.6 Å². The molecule has 3 aromatic carbocycles. The molecule has 0 fully saturated rings. The van der Waals surface area contributed by atoms with Gasteiger partial charge in [0.25, 0.3) is 17.1 Å². The lowest BCUT2D eigenvalue weighted by Crippen LogP contribution is -1.92. The fraction of sp³-hybridized carbons (Fsp3) is 0. The molecule has 0 saturated carbocycles. The number of benzene rings is 3. The summed E-state index contributed by atoms with van der Waals surface area (Å²) in [6.07, 6.45) is 2.43. The second-order valence-electron chi connectivity index (χ2n) is 6.37. The lowest BCUT2D eigenvalue weighted by Gasteiger charge is -2.01. The van der Waals surface area contributed by atoms with Crippen molar-refractivity contribution in [1.29, 1.82) is 0 Å². The van der Waals surface area contributed by atoms with Gasteiger partial charge in [0, 0.05) is 63.9 Å². The maximum atomic E-state index is 11.5. The minimum atomic E-state index is -0.666. The van der Waals surface area contributed by atoms with Gasteiger partial charge < -0.3 is 0 Å². The third kappa shape index (κ3) is 5.73. The van der Waals surface area contributed by atoms with Crippen LogP contribution in [-0.2, 0) is 0 Å². The van der Waals surface area contributed by atoms with Crippen molar-refractivity contribution in [2.45, 2.75) is 0 Å². The summed E-state index contributed by atoms with van der Waals surface area (Å²) in [4.78, 5) is 39.7. The van der Waals surface area contributed by atoms with Gasteiger partial charge in [-0.25, -0.2) is 4.99 Å². The number of nitro benzene ring substituents is 3. The summed E-state index contributed by atoms with van der Waals surface area (Å²) in [6.45, 7) is 0. The zero-order valence-electron chi connectivity index (χ0n) is 16.3. The Labute approximate surface area is 195 Å². The highest BCUT2D eigenvalue weighted by molar-refractivity contribution is 6.33. The van der Waals surface area contributed by atoms with Crippen molar-refractivity contribution in [3.63, 3.8) is 0 Å². The molecule has 0 atom stereocenters. The SMILES string of the molecule is O=[N+]([O-])c1ccc(Cl)c(C=Nc2ccc(N=Cc3cc([N+](=O)[O-])ccc3Cl)c([N+](=O)[O-])c2)c1. The van der Waals surface area contributed by atoms with Gasteiger partial charge in [-0.2, -0.15) is 0 Å². The number of aliphatic imine (C=N–C) groups is 2. The Bertz CT molecular complexity index is 1340. The largest absolute Gasteiger partial charge is 0.296 e. The number of hydrogen-bond acceptors (Lipinski definition) is 8. The molecular formula is C20H11Cl2N5O6. The molecule has 0 aliphatic carbocycles. The van der Waals surface area contributed by atoms with Gasteiger partial charge in [-0.1, -0.05) is 23.2 Å². The highest BCUT2D eigenvalue weighted by atomic mass is 35.5. The molecule has 3 rings (SSSR count). The van der Waals surface area contributed by atoms with Crippen molar-refractivity contribution >= 4 is 64.1 Å². The second-order valence-corrected chi connectivity index (χ2v) is 7.19. The van der Waals surface area contributed by atoms with Crippen LogP contribution >= 0.6 is 23.2 Å². The first kappa shape index (κ1) is 23.4. The lowest BCUT2D eigenvalue weighted by molar-refractivity contribution is -0.385. The number of nitrogens with zero attached hydrogens (tertiary/aromatic N) is 5. The average Bonchev–Trinajstić information content (AvgIpc) is 2.77. The molecule has 11 nitrogen and oxygen atoms in total. The summed E-state index contributed by atoms with van der Waals surface area (Å²) in [6, 6.07) is 11.5. The summed E-state index contributed by atoms with van der Waals surface area (Å²) in [5, 5.41) is 33.8. The Kier molecular flexibility index (Phi) is 7.06. The molecule has 0 unspecified atom stereocenters. The van der Waals surface area contributed by atoms with Crippen LogP contribution in [0.25, 0.3) is 0 Å². The number of halogens is 2. The van der Waals surface area contributed by atoms with Crippen LogP contribution in [0.3, 0.4) is 0 Å². The first-order chi connectivity index (χ1) is 15.7. The second kappa shape index (κ2) is 9.94. The topological polar surface area (TPSA) is 154 Å². The van der Waals surface area contributed by atoms with Crippen molar-refractivity contribution in [1.82, 2.24) is 0 Å². The Hall–Kier alpha value is -4.22. The van der Waals surface area contributed by atoms with Crippen molar-refractivity contribution in [3.8, 4) is 0 Å². The Morgan fingerprint density at radius 1 is 0.667 bits per heavy atom. The number of nitro groups is 3. The third-order valence-corrected chi connectivity index (χ3v) is 4.92. The van der Waals surface area contributed by atoms with E-state index in [-0.39, 0.29) is 49.6 Å². The van der Waals surface area contributed by atoms with E-state index in [0.29, 0.717) is 0 Å². The Morgan fingerprint density at radius 3 is 1.67 bits per heavy atom. The smallest absolute Gasteiger partial charge is 0.258 e. The quantitative estimate of drug-likeness (QED) is 0.218. The normalized spacial score (nSPS) is 11.2. The van der Waals surface area contributed by atoms with Crippen molar-refractivity contribution < 1.29 is 14.8 Å². The van der Waals surface area contributed by atoms with Gasteiger partial charge >= 0.3 is 0 Å². The van der Waals surface area contributed by atoms with E-state index in [2.05, 4.69) is 9.98 Å². The van der Waals surface area contributed by atoms with Crippen LogP contribution in [0.5, 0.6) is 0 Å². The van der Waals surface area contributed by atoms with Crippen LogP contribution in [0.1, 0.15) is 11.1 Å². The molecular weight excluding hydrogens is 477 g/mol. The molecule has 0 heterocycles. The molecule has 0 bridgehead atoms. The number of rotatable bonds is 7. The van der Waals surface area contributed by atoms with E-state index in [4.69, 9.17) is 23.2 Å². The fourth-order valence-electron chi connectivity index (χ4n) is 2.62. The zero-order valence-corrected chi connectivity index (χ0v) is 17.8. The molecule has 13 heteroatoms. The molecule has 33 heavy (non-hydrogen) atoms. The fourth-order valence-corrected chi connectivity index (χ4v) is 2.95. The highest BCUT2D eigenvalue weighted by Crippen LogP contribution is 2.32. The van der Waals surface area contributed by atoms with Gasteiger partial charge in [-0.15, -0.1) is 0 Å². The molecule has 0 aromatic heterocycles. The monoisotopic (exact) mass is 487 g/mol. The first-order valence-corrected chi connectivity index (χ1v) is 9.66. The molecule has 0 aliphatic rings. The first-order valence-electron chi connectivity index (χ1n) is 8.90. The molecule has 0 spiro atoms. The Balaban J connectivity index is 1.93. The maximum absolute atomic E-state index is 11.5. The molecule has 0 saturated heterocycles. The summed E-state index contributed by atoms with van der Waals surface area (Å²) in [5.41, 5.74) is -0.159. The minimum absolute atomic E-state index is 0.0325. The van der Waals surface area contributed by atoms with Gasteiger partial charge in [0.1, 0.15) is 5.69 Å².